The van der Waals surface area contributed by atoms with Crippen molar-refractivity contribution in [2.24, 2.45) is 11.3 Å². The Morgan fingerprint density at radius 2 is 1.83 bits per heavy atom. The van der Waals surface area contributed by atoms with Crippen LogP contribution in [0.2, 0.25) is 0 Å². The summed E-state index contributed by atoms with van der Waals surface area (Å²) in [6.45, 7) is 8.81. The Bertz CT molecular complexity index is 425. The normalized spacial score (nSPS) is 22.4. The van der Waals surface area contributed by atoms with Crippen LogP contribution in [0.5, 0.6) is 0 Å². The van der Waals surface area contributed by atoms with Gasteiger partial charge in [0.2, 0.25) is 0 Å². The first-order valence-corrected chi connectivity index (χ1v) is 7.06. The third kappa shape index (κ3) is 2.50. The van der Waals surface area contributed by atoms with Gasteiger partial charge in [-0.2, -0.15) is 0 Å². The molecule has 1 aliphatic rings. The fourth-order valence-electron chi connectivity index (χ4n) is 3.05. The van der Waals surface area contributed by atoms with Crippen LogP contribution >= 0.6 is 0 Å². The van der Waals surface area contributed by atoms with Crippen molar-refractivity contribution in [3.8, 4) is 0 Å². The van der Waals surface area contributed by atoms with Crippen LogP contribution in [-0.4, -0.2) is 5.78 Å². The summed E-state index contributed by atoms with van der Waals surface area (Å²) in [5.41, 5.74) is 2.37. The zero-order valence-corrected chi connectivity index (χ0v) is 12.0. The predicted octanol–water partition coefficient (Wildman–Crippen LogP) is 4.82. The standard InChI is InChI=1S/C17H24O/c1-12(2)13-7-9-14(10-8-13)16(18)15-6-5-11-17(15,3)4/h7-10,12,15H,5-6,11H2,1-4H3. The maximum absolute atomic E-state index is 12.5. The molecule has 1 atom stereocenters. The average Bonchev–Trinajstić information content (AvgIpc) is 2.68. The van der Waals surface area contributed by atoms with Gasteiger partial charge in [-0.1, -0.05) is 58.4 Å². The molecule has 0 aliphatic heterocycles. The van der Waals surface area contributed by atoms with Crippen LogP contribution in [0, 0.1) is 11.3 Å². The van der Waals surface area contributed by atoms with Gasteiger partial charge in [0.1, 0.15) is 0 Å². The molecule has 1 fully saturated rings. The third-order valence-electron chi connectivity index (χ3n) is 4.44. The Kier molecular flexibility index (Phi) is 3.61. The largest absolute Gasteiger partial charge is 0.294 e. The first-order chi connectivity index (χ1) is 8.42. The molecule has 1 nitrogen and oxygen atoms in total. The van der Waals surface area contributed by atoms with E-state index in [2.05, 4.69) is 39.8 Å². The van der Waals surface area contributed by atoms with Crippen molar-refractivity contribution in [2.45, 2.75) is 52.9 Å². The van der Waals surface area contributed by atoms with Crippen molar-refractivity contribution < 1.29 is 4.79 Å². The van der Waals surface area contributed by atoms with Crippen LogP contribution in [0.3, 0.4) is 0 Å². The van der Waals surface area contributed by atoms with Gasteiger partial charge in [-0.15, -0.1) is 0 Å². The smallest absolute Gasteiger partial charge is 0.166 e. The molecule has 2 rings (SSSR count). The fourth-order valence-corrected chi connectivity index (χ4v) is 3.05. The Labute approximate surface area is 111 Å². The summed E-state index contributed by atoms with van der Waals surface area (Å²) < 4.78 is 0. The van der Waals surface area contributed by atoms with E-state index >= 15 is 0 Å². The van der Waals surface area contributed by atoms with Crippen LogP contribution < -0.4 is 0 Å². The molecule has 1 aromatic rings. The van der Waals surface area contributed by atoms with Gasteiger partial charge in [0.25, 0.3) is 0 Å². The Morgan fingerprint density at radius 1 is 1.22 bits per heavy atom. The van der Waals surface area contributed by atoms with Gasteiger partial charge in [0.15, 0.2) is 5.78 Å². The van der Waals surface area contributed by atoms with Gasteiger partial charge in [0, 0.05) is 11.5 Å². The number of carbonyl (C=O) groups is 1. The van der Waals surface area contributed by atoms with Crippen molar-refractivity contribution >= 4 is 5.78 Å². The van der Waals surface area contributed by atoms with Crippen LogP contribution in [-0.2, 0) is 0 Å². The fraction of sp³-hybridized carbons (Fsp3) is 0.588. The molecule has 1 heteroatoms. The molecule has 0 saturated heterocycles. The zero-order chi connectivity index (χ0) is 13.3. The van der Waals surface area contributed by atoms with Gasteiger partial charge >= 0.3 is 0 Å². The van der Waals surface area contributed by atoms with Crippen LogP contribution in [0.4, 0.5) is 0 Å². The van der Waals surface area contributed by atoms with Crippen LogP contribution in [0.1, 0.15) is 68.8 Å². The van der Waals surface area contributed by atoms with Gasteiger partial charge in [-0.3, -0.25) is 4.79 Å². The third-order valence-corrected chi connectivity index (χ3v) is 4.44. The zero-order valence-electron chi connectivity index (χ0n) is 12.0. The van der Waals surface area contributed by atoms with Gasteiger partial charge in [-0.05, 0) is 29.7 Å². The van der Waals surface area contributed by atoms with E-state index in [1.165, 1.54) is 18.4 Å². The lowest BCUT2D eigenvalue weighted by molar-refractivity contribution is 0.0839. The van der Waals surface area contributed by atoms with E-state index in [0.29, 0.717) is 11.7 Å². The number of Topliss-reactive ketones (excluding diaryl/α,β-unsaturated/α-hetero) is 1. The van der Waals surface area contributed by atoms with Crippen molar-refractivity contribution in [2.75, 3.05) is 0 Å². The monoisotopic (exact) mass is 244 g/mol. The number of rotatable bonds is 3. The number of carbonyl (C=O) groups excluding carboxylic acids is 1. The lowest BCUT2D eigenvalue weighted by Crippen LogP contribution is -2.25. The second-order valence-corrected chi connectivity index (χ2v) is 6.57. The van der Waals surface area contributed by atoms with Gasteiger partial charge < -0.3 is 0 Å². The molecule has 0 N–H and O–H groups in total. The highest BCUT2D eigenvalue weighted by Crippen LogP contribution is 2.44. The summed E-state index contributed by atoms with van der Waals surface area (Å²) in [5.74, 6) is 1.08. The molecule has 1 aromatic carbocycles. The van der Waals surface area contributed by atoms with E-state index in [9.17, 15) is 4.79 Å². The van der Waals surface area contributed by atoms with E-state index in [-0.39, 0.29) is 11.3 Å². The minimum absolute atomic E-state index is 0.174. The molecule has 98 valence electrons. The van der Waals surface area contributed by atoms with Crippen LogP contribution in [0.15, 0.2) is 24.3 Å². The molecule has 1 aliphatic carbocycles. The molecular weight excluding hydrogens is 220 g/mol. The van der Waals surface area contributed by atoms with Crippen molar-refractivity contribution in [1.82, 2.24) is 0 Å². The highest BCUT2D eigenvalue weighted by Gasteiger charge is 2.39. The molecular formula is C17H24O. The highest BCUT2D eigenvalue weighted by atomic mass is 16.1. The SMILES string of the molecule is CC(C)c1ccc(C(=O)C2CCCC2(C)C)cc1. The van der Waals surface area contributed by atoms with Crippen LogP contribution in [0.25, 0.3) is 0 Å². The number of benzene rings is 1. The van der Waals surface area contributed by atoms with Crippen molar-refractivity contribution in [1.29, 1.82) is 0 Å². The van der Waals surface area contributed by atoms with Gasteiger partial charge in [-0.25, -0.2) is 0 Å². The second-order valence-electron chi connectivity index (χ2n) is 6.57. The van der Waals surface area contributed by atoms with Crippen molar-refractivity contribution in [3.05, 3.63) is 35.4 Å². The Morgan fingerprint density at radius 3 is 2.28 bits per heavy atom. The van der Waals surface area contributed by atoms with E-state index in [0.717, 1.165) is 12.0 Å². The van der Waals surface area contributed by atoms with E-state index in [1.54, 1.807) is 0 Å². The molecule has 0 aromatic heterocycles. The highest BCUT2D eigenvalue weighted by molar-refractivity contribution is 5.98. The number of ketones is 1. The van der Waals surface area contributed by atoms with E-state index in [4.69, 9.17) is 0 Å². The minimum atomic E-state index is 0.174. The molecule has 0 bridgehead atoms. The molecule has 1 saturated carbocycles. The average molecular weight is 244 g/mol. The molecule has 0 heterocycles. The summed E-state index contributed by atoms with van der Waals surface area (Å²) in [5, 5.41) is 0. The van der Waals surface area contributed by atoms with E-state index < -0.39 is 0 Å². The molecule has 0 amide bonds. The summed E-state index contributed by atoms with van der Waals surface area (Å²) in [7, 11) is 0. The number of hydrogen-bond donors (Lipinski definition) is 0. The topological polar surface area (TPSA) is 17.1 Å². The second kappa shape index (κ2) is 4.87. The predicted molar refractivity (Wildman–Crippen MR) is 76.0 cm³/mol. The molecule has 0 spiro atoms. The first-order valence-electron chi connectivity index (χ1n) is 7.06. The molecule has 1 unspecified atom stereocenters. The maximum Gasteiger partial charge on any atom is 0.166 e. The summed E-state index contributed by atoms with van der Waals surface area (Å²) in [6, 6.07) is 8.21. The lowest BCUT2D eigenvalue weighted by Gasteiger charge is -2.25. The minimum Gasteiger partial charge on any atom is -0.294 e. The Balaban J connectivity index is 2.19. The first kappa shape index (κ1) is 13.3. The Hall–Kier alpha value is -1.11. The number of hydrogen-bond acceptors (Lipinski definition) is 1. The molecule has 18 heavy (non-hydrogen) atoms. The quantitative estimate of drug-likeness (QED) is 0.697. The lowest BCUT2D eigenvalue weighted by atomic mass is 9.77. The summed E-state index contributed by atoms with van der Waals surface area (Å²) >= 11 is 0. The maximum atomic E-state index is 12.5. The molecule has 0 radical (unpaired) electrons. The van der Waals surface area contributed by atoms with E-state index in [1.807, 2.05) is 12.1 Å². The summed E-state index contributed by atoms with van der Waals surface area (Å²) in [4.78, 5) is 12.5. The summed E-state index contributed by atoms with van der Waals surface area (Å²) in [6.07, 6.45) is 3.42. The van der Waals surface area contributed by atoms with Crippen molar-refractivity contribution in [3.63, 3.8) is 0 Å². The van der Waals surface area contributed by atoms with Gasteiger partial charge in [0.05, 0.1) is 0 Å².